The normalized spacial score (nSPS) is 36.9. The molecule has 0 spiro atoms. The highest BCUT2D eigenvalue weighted by Crippen LogP contribution is 2.53. The summed E-state index contributed by atoms with van der Waals surface area (Å²) in [7, 11) is 0. The number of nitrogens with two attached hydrogens (primary N) is 1. The van der Waals surface area contributed by atoms with Gasteiger partial charge in [0.2, 0.25) is 0 Å². The minimum absolute atomic E-state index is 0.466. The third-order valence-corrected chi connectivity index (χ3v) is 3.39. The summed E-state index contributed by atoms with van der Waals surface area (Å²) >= 11 is 0. The van der Waals surface area contributed by atoms with E-state index in [1.54, 1.807) is 0 Å². The van der Waals surface area contributed by atoms with Crippen LogP contribution in [0.2, 0.25) is 0 Å². The molecule has 0 heterocycles. The molecule has 2 aliphatic rings. The van der Waals surface area contributed by atoms with Crippen molar-refractivity contribution >= 4 is 0 Å². The second-order valence-electron chi connectivity index (χ2n) is 4.00. The molecule has 1 heteroatoms. The monoisotopic (exact) mass is 159 g/mol. The lowest BCUT2D eigenvalue weighted by atomic mass is 9.92. The van der Waals surface area contributed by atoms with Crippen molar-refractivity contribution in [1.82, 2.24) is 0 Å². The predicted octanol–water partition coefficient (Wildman–Crippen LogP) is 1.67. The molecule has 62 valence electrons. The Morgan fingerprint density at radius 3 is 3.00 bits per heavy atom. The van der Waals surface area contributed by atoms with E-state index in [1.807, 2.05) is 0 Å². The quantitative estimate of drug-likeness (QED) is 0.612. The van der Waals surface area contributed by atoms with Gasteiger partial charge in [0.15, 0.2) is 0 Å². The van der Waals surface area contributed by atoms with Gasteiger partial charge in [-0.15, -0.1) is 0 Å². The topological polar surface area (TPSA) is 26.0 Å². The average molecular weight is 159 g/mol. The Balaban J connectivity index is 2.10. The number of fused-ring (bicyclic) bond motifs is 3. The summed E-state index contributed by atoms with van der Waals surface area (Å²) in [5.41, 5.74) is 9.05. The van der Waals surface area contributed by atoms with Gasteiger partial charge in [-0.25, -0.2) is 0 Å². The Morgan fingerprint density at radius 2 is 2.08 bits per heavy atom. The first kappa shape index (κ1) is 6.67. The van der Waals surface area contributed by atoms with Crippen LogP contribution in [0.15, 0.2) is 24.3 Å². The summed E-state index contributed by atoms with van der Waals surface area (Å²) in [6.45, 7) is 0. The lowest BCUT2D eigenvalue weighted by molar-refractivity contribution is 0.658. The Bertz CT molecular complexity index is 319. The molecule has 1 nitrogen and oxygen atoms in total. The highest BCUT2D eigenvalue weighted by Gasteiger charge is 2.50. The zero-order valence-electron chi connectivity index (χ0n) is 7.03. The molecular formula is C11H13N. The van der Waals surface area contributed by atoms with Gasteiger partial charge in [0.1, 0.15) is 0 Å². The third kappa shape index (κ3) is 0.721. The lowest BCUT2D eigenvalue weighted by Crippen LogP contribution is -2.02. The second kappa shape index (κ2) is 2.11. The van der Waals surface area contributed by atoms with Crippen molar-refractivity contribution in [2.45, 2.75) is 24.8 Å². The molecule has 1 aromatic carbocycles. The van der Waals surface area contributed by atoms with Crippen LogP contribution in [-0.4, -0.2) is 6.04 Å². The van der Waals surface area contributed by atoms with E-state index in [9.17, 15) is 0 Å². The molecule has 0 radical (unpaired) electrons. The summed E-state index contributed by atoms with van der Waals surface area (Å²) in [4.78, 5) is 0. The van der Waals surface area contributed by atoms with Gasteiger partial charge in [-0.1, -0.05) is 24.3 Å². The summed E-state index contributed by atoms with van der Waals surface area (Å²) in [6, 6.07) is 9.23. The van der Waals surface area contributed by atoms with Crippen LogP contribution < -0.4 is 5.73 Å². The van der Waals surface area contributed by atoms with Crippen LogP contribution >= 0.6 is 0 Å². The van der Waals surface area contributed by atoms with Crippen molar-refractivity contribution in [1.29, 1.82) is 0 Å². The van der Waals surface area contributed by atoms with E-state index in [0.29, 0.717) is 12.0 Å². The largest absolute Gasteiger partial charge is 0.327 e. The van der Waals surface area contributed by atoms with Crippen molar-refractivity contribution < 1.29 is 0 Å². The van der Waals surface area contributed by atoms with E-state index in [1.165, 1.54) is 24.0 Å². The zero-order valence-corrected chi connectivity index (χ0v) is 7.03. The minimum Gasteiger partial charge on any atom is -0.327 e. The van der Waals surface area contributed by atoms with Gasteiger partial charge >= 0.3 is 0 Å². The molecule has 2 aliphatic carbocycles. The van der Waals surface area contributed by atoms with E-state index in [-0.39, 0.29) is 0 Å². The van der Waals surface area contributed by atoms with Crippen LogP contribution in [0, 0.1) is 5.92 Å². The van der Waals surface area contributed by atoms with Gasteiger partial charge in [-0.3, -0.25) is 0 Å². The van der Waals surface area contributed by atoms with Crippen molar-refractivity contribution in [2.24, 2.45) is 11.7 Å². The summed E-state index contributed by atoms with van der Waals surface area (Å²) < 4.78 is 0. The smallest absolute Gasteiger partial charge is 0.0146 e. The van der Waals surface area contributed by atoms with Crippen molar-refractivity contribution in [3.8, 4) is 0 Å². The number of hydrogen-bond acceptors (Lipinski definition) is 1. The highest BCUT2D eigenvalue weighted by atomic mass is 14.8. The van der Waals surface area contributed by atoms with Crippen molar-refractivity contribution in [3.05, 3.63) is 35.4 Å². The van der Waals surface area contributed by atoms with E-state index in [0.717, 1.165) is 5.92 Å². The number of aryl methyl sites for hydroxylation is 1. The first-order valence-corrected chi connectivity index (χ1v) is 4.71. The molecule has 3 rings (SSSR count). The highest BCUT2D eigenvalue weighted by molar-refractivity contribution is 5.40. The van der Waals surface area contributed by atoms with E-state index in [2.05, 4.69) is 24.3 Å². The molecule has 1 fully saturated rings. The van der Waals surface area contributed by atoms with E-state index in [4.69, 9.17) is 5.73 Å². The van der Waals surface area contributed by atoms with Crippen molar-refractivity contribution in [2.75, 3.05) is 0 Å². The average Bonchev–Trinajstić information content (AvgIpc) is 2.78. The molecule has 0 bridgehead atoms. The Morgan fingerprint density at radius 1 is 1.25 bits per heavy atom. The Kier molecular flexibility index (Phi) is 1.17. The standard InChI is InChI=1S/C11H13N/c12-11-9-6-5-7-3-1-2-4-8(7)10(9)11/h1-4,9-11H,5-6,12H2/t9-,10-,11+/m1/s1. The fourth-order valence-corrected chi connectivity index (χ4v) is 2.62. The van der Waals surface area contributed by atoms with Gasteiger partial charge in [0, 0.05) is 12.0 Å². The molecular weight excluding hydrogens is 146 g/mol. The van der Waals surface area contributed by atoms with Gasteiger partial charge in [-0.05, 0) is 29.9 Å². The van der Waals surface area contributed by atoms with Crippen LogP contribution in [0.4, 0.5) is 0 Å². The van der Waals surface area contributed by atoms with Crippen LogP contribution in [0.1, 0.15) is 23.5 Å². The molecule has 0 amide bonds. The summed E-state index contributed by atoms with van der Waals surface area (Å²) in [5, 5.41) is 0. The maximum atomic E-state index is 5.99. The summed E-state index contributed by atoms with van der Waals surface area (Å²) in [5.74, 6) is 1.51. The zero-order chi connectivity index (χ0) is 8.13. The number of rotatable bonds is 0. The van der Waals surface area contributed by atoms with Crippen LogP contribution in [0.5, 0.6) is 0 Å². The Labute approximate surface area is 72.6 Å². The van der Waals surface area contributed by atoms with Crippen LogP contribution in [-0.2, 0) is 6.42 Å². The first-order valence-electron chi connectivity index (χ1n) is 4.71. The Hall–Kier alpha value is -0.820. The summed E-state index contributed by atoms with van der Waals surface area (Å²) in [6.07, 6.45) is 2.55. The van der Waals surface area contributed by atoms with Crippen LogP contribution in [0.25, 0.3) is 0 Å². The van der Waals surface area contributed by atoms with Crippen LogP contribution in [0.3, 0.4) is 0 Å². The number of benzene rings is 1. The molecule has 1 aromatic rings. The van der Waals surface area contributed by atoms with E-state index < -0.39 is 0 Å². The van der Waals surface area contributed by atoms with Gasteiger partial charge in [-0.2, -0.15) is 0 Å². The predicted molar refractivity (Wildman–Crippen MR) is 49.0 cm³/mol. The molecule has 1 saturated carbocycles. The molecule has 12 heavy (non-hydrogen) atoms. The van der Waals surface area contributed by atoms with Gasteiger partial charge in [0.25, 0.3) is 0 Å². The SMILES string of the molecule is N[C@H]1[C@@H]2CCc3ccccc3[C@@H]12. The second-order valence-corrected chi connectivity index (χ2v) is 4.00. The maximum Gasteiger partial charge on any atom is 0.0146 e. The fraction of sp³-hybridized carbons (Fsp3) is 0.455. The maximum absolute atomic E-state index is 5.99. The molecule has 3 atom stereocenters. The fourth-order valence-electron chi connectivity index (χ4n) is 2.62. The van der Waals surface area contributed by atoms with Gasteiger partial charge < -0.3 is 5.73 Å². The number of hydrogen-bond donors (Lipinski definition) is 1. The van der Waals surface area contributed by atoms with E-state index >= 15 is 0 Å². The molecule has 0 unspecified atom stereocenters. The minimum atomic E-state index is 0.466. The molecule has 0 saturated heterocycles. The lowest BCUT2D eigenvalue weighted by Gasteiger charge is -2.13. The molecule has 0 aliphatic heterocycles. The van der Waals surface area contributed by atoms with Crippen molar-refractivity contribution in [3.63, 3.8) is 0 Å². The third-order valence-electron chi connectivity index (χ3n) is 3.39. The molecule has 2 N–H and O–H groups in total. The molecule has 0 aromatic heterocycles. The van der Waals surface area contributed by atoms with Gasteiger partial charge in [0.05, 0.1) is 0 Å². The first-order chi connectivity index (χ1) is 5.88.